The van der Waals surface area contributed by atoms with Crippen molar-refractivity contribution in [2.75, 3.05) is 6.61 Å². The second-order valence-electron chi connectivity index (χ2n) is 3.64. The van der Waals surface area contributed by atoms with E-state index in [4.69, 9.17) is 5.11 Å². The number of carboxylic acids is 1. The smallest absolute Gasteiger partial charge is 0.335 e. The Labute approximate surface area is 95.4 Å². The molecule has 0 saturated carbocycles. The number of carbonyl (C=O) groups excluding carboxylic acids is 1. The van der Waals surface area contributed by atoms with Crippen LogP contribution in [-0.2, 0) is 14.3 Å². The normalized spacial score (nSPS) is 14.2. The Morgan fingerprint density at radius 2 is 1.88 bits per heavy atom. The van der Waals surface area contributed by atoms with E-state index in [0.717, 1.165) is 12.8 Å². The molecule has 2 N–H and O–H groups in total. The zero-order valence-corrected chi connectivity index (χ0v) is 9.81. The van der Waals surface area contributed by atoms with Crippen LogP contribution in [-0.4, -0.2) is 34.9 Å². The van der Waals surface area contributed by atoms with Gasteiger partial charge in [-0.25, -0.2) is 4.79 Å². The van der Waals surface area contributed by atoms with Gasteiger partial charge in [-0.15, -0.1) is 0 Å². The van der Waals surface area contributed by atoms with Crippen LogP contribution in [0.1, 0.15) is 39.5 Å². The Bertz CT molecular complexity index is 226. The highest BCUT2D eigenvalue weighted by Gasteiger charge is 2.32. The number of hydrogen-bond acceptors (Lipinski definition) is 4. The Kier molecular flexibility index (Phi) is 7.54. The van der Waals surface area contributed by atoms with Gasteiger partial charge in [-0.1, -0.05) is 26.2 Å². The van der Waals surface area contributed by atoms with Gasteiger partial charge >= 0.3 is 11.9 Å². The van der Waals surface area contributed by atoms with Gasteiger partial charge in [0.25, 0.3) is 0 Å². The first kappa shape index (κ1) is 14.9. The number of ether oxygens (including phenoxy) is 1. The maximum atomic E-state index is 11.2. The molecule has 0 aromatic heterocycles. The molecule has 94 valence electrons. The molecule has 0 aliphatic carbocycles. The van der Waals surface area contributed by atoms with E-state index >= 15 is 0 Å². The summed E-state index contributed by atoms with van der Waals surface area (Å²) >= 11 is 0. The molecular weight excluding hydrogens is 212 g/mol. The third-order valence-electron chi connectivity index (χ3n) is 2.35. The fourth-order valence-corrected chi connectivity index (χ4v) is 1.42. The van der Waals surface area contributed by atoms with Crippen LogP contribution < -0.4 is 0 Å². The van der Waals surface area contributed by atoms with Gasteiger partial charge in [0, 0.05) is 0 Å². The molecule has 0 unspecified atom stereocenters. The maximum Gasteiger partial charge on any atom is 0.335 e. The second-order valence-corrected chi connectivity index (χ2v) is 3.64. The van der Waals surface area contributed by atoms with E-state index in [1.54, 1.807) is 6.92 Å². The Morgan fingerprint density at radius 1 is 1.25 bits per heavy atom. The summed E-state index contributed by atoms with van der Waals surface area (Å²) in [6.07, 6.45) is 1.27. The summed E-state index contributed by atoms with van der Waals surface area (Å²) in [6, 6.07) is 0. The monoisotopic (exact) mass is 232 g/mol. The standard InChI is InChI=1S/C11H20O5/c1-3-5-6-7-8(10(13)14)9(12)11(15)16-4-2/h8-9,12H,3-7H2,1-2H3,(H,13,14)/t8-,9+/m1/s1. The third kappa shape index (κ3) is 5.11. The van der Waals surface area contributed by atoms with Crippen LogP contribution >= 0.6 is 0 Å². The zero-order valence-electron chi connectivity index (χ0n) is 9.81. The van der Waals surface area contributed by atoms with Crippen molar-refractivity contribution in [2.45, 2.75) is 45.6 Å². The van der Waals surface area contributed by atoms with Crippen LogP contribution in [0.4, 0.5) is 0 Å². The van der Waals surface area contributed by atoms with Crippen molar-refractivity contribution in [1.29, 1.82) is 0 Å². The molecule has 0 fully saturated rings. The van der Waals surface area contributed by atoms with E-state index in [1.807, 2.05) is 6.92 Å². The van der Waals surface area contributed by atoms with Gasteiger partial charge in [-0.05, 0) is 13.3 Å². The second kappa shape index (κ2) is 8.10. The first-order chi connectivity index (χ1) is 7.54. The molecule has 0 aliphatic heterocycles. The summed E-state index contributed by atoms with van der Waals surface area (Å²) in [6.45, 7) is 3.74. The molecule has 0 rings (SSSR count). The van der Waals surface area contributed by atoms with Gasteiger partial charge in [-0.2, -0.15) is 0 Å². The summed E-state index contributed by atoms with van der Waals surface area (Å²) < 4.78 is 4.59. The first-order valence-corrected chi connectivity index (χ1v) is 5.62. The van der Waals surface area contributed by atoms with Crippen LogP contribution in [0.5, 0.6) is 0 Å². The van der Waals surface area contributed by atoms with Crippen molar-refractivity contribution in [2.24, 2.45) is 5.92 Å². The zero-order chi connectivity index (χ0) is 12.6. The third-order valence-corrected chi connectivity index (χ3v) is 2.35. The van der Waals surface area contributed by atoms with Gasteiger partial charge in [0.2, 0.25) is 0 Å². The molecule has 5 nitrogen and oxygen atoms in total. The minimum absolute atomic E-state index is 0.136. The van der Waals surface area contributed by atoms with E-state index in [0.29, 0.717) is 12.8 Å². The number of aliphatic hydroxyl groups is 1. The fraction of sp³-hybridized carbons (Fsp3) is 0.818. The number of aliphatic carboxylic acids is 1. The molecule has 0 saturated heterocycles. The van der Waals surface area contributed by atoms with Gasteiger partial charge in [0.1, 0.15) is 0 Å². The lowest BCUT2D eigenvalue weighted by molar-refractivity contribution is -0.163. The molecular formula is C11H20O5. The molecule has 0 amide bonds. The summed E-state index contributed by atoms with van der Waals surface area (Å²) in [7, 11) is 0. The predicted octanol–water partition coefficient (Wildman–Crippen LogP) is 1.19. The van der Waals surface area contributed by atoms with E-state index < -0.39 is 24.0 Å². The van der Waals surface area contributed by atoms with Crippen molar-refractivity contribution in [1.82, 2.24) is 0 Å². The van der Waals surface area contributed by atoms with Crippen molar-refractivity contribution < 1.29 is 24.5 Å². The van der Waals surface area contributed by atoms with Gasteiger partial charge in [-0.3, -0.25) is 4.79 Å². The fourth-order valence-electron chi connectivity index (χ4n) is 1.42. The SMILES string of the molecule is CCCCC[C@@H](C(=O)O)[C@H](O)C(=O)OCC. The van der Waals surface area contributed by atoms with Crippen molar-refractivity contribution in [3.63, 3.8) is 0 Å². The number of aliphatic hydroxyl groups excluding tert-OH is 1. The number of carbonyl (C=O) groups is 2. The first-order valence-electron chi connectivity index (χ1n) is 5.62. The van der Waals surface area contributed by atoms with E-state index in [2.05, 4.69) is 4.74 Å². The molecule has 0 radical (unpaired) electrons. The van der Waals surface area contributed by atoms with Crippen molar-refractivity contribution in [3.8, 4) is 0 Å². The van der Waals surface area contributed by atoms with Crippen molar-refractivity contribution >= 4 is 11.9 Å². The van der Waals surface area contributed by atoms with E-state index in [9.17, 15) is 14.7 Å². The molecule has 0 bridgehead atoms. The average molecular weight is 232 g/mol. The number of carboxylic acid groups (broad SMARTS) is 1. The molecule has 0 spiro atoms. The largest absolute Gasteiger partial charge is 0.481 e. The topological polar surface area (TPSA) is 83.8 Å². The van der Waals surface area contributed by atoms with Crippen LogP contribution in [0.3, 0.4) is 0 Å². The lowest BCUT2D eigenvalue weighted by Crippen LogP contribution is -2.36. The Balaban J connectivity index is 4.28. The quantitative estimate of drug-likeness (QED) is 0.485. The summed E-state index contributed by atoms with van der Waals surface area (Å²) in [5.74, 6) is -3.08. The predicted molar refractivity (Wildman–Crippen MR) is 57.9 cm³/mol. The lowest BCUT2D eigenvalue weighted by Gasteiger charge is -2.17. The maximum absolute atomic E-state index is 11.2. The Morgan fingerprint density at radius 3 is 2.31 bits per heavy atom. The molecule has 5 heteroatoms. The number of esters is 1. The summed E-state index contributed by atoms with van der Waals surface area (Å²) in [5, 5.41) is 18.4. The van der Waals surface area contributed by atoms with Crippen LogP contribution in [0.25, 0.3) is 0 Å². The van der Waals surface area contributed by atoms with E-state index in [1.165, 1.54) is 0 Å². The van der Waals surface area contributed by atoms with Crippen molar-refractivity contribution in [3.05, 3.63) is 0 Å². The average Bonchev–Trinajstić information content (AvgIpc) is 2.23. The number of rotatable bonds is 8. The molecule has 0 heterocycles. The van der Waals surface area contributed by atoms with Crippen LogP contribution in [0.2, 0.25) is 0 Å². The van der Waals surface area contributed by atoms with Gasteiger partial charge in [0.15, 0.2) is 6.10 Å². The van der Waals surface area contributed by atoms with Crippen LogP contribution in [0.15, 0.2) is 0 Å². The van der Waals surface area contributed by atoms with Gasteiger partial charge < -0.3 is 14.9 Å². The van der Waals surface area contributed by atoms with Gasteiger partial charge in [0.05, 0.1) is 12.5 Å². The highest BCUT2D eigenvalue weighted by Crippen LogP contribution is 2.15. The molecule has 0 aromatic carbocycles. The molecule has 2 atom stereocenters. The highest BCUT2D eigenvalue weighted by molar-refractivity contribution is 5.82. The molecule has 16 heavy (non-hydrogen) atoms. The summed E-state index contributed by atoms with van der Waals surface area (Å²) in [4.78, 5) is 22.1. The minimum atomic E-state index is -1.56. The molecule has 0 aliphatic rings. The van der Waals surface area contributed by atoms with E-state index in [-0.39, 0.29) is 6.61 Å². The highest BCUT2D eigenvalue weighted by atomic mass is 16.5. The summed E-state index contributed by atoms with van der Waals surface area (Å²) in [5.41, 5.74) is 0. The van der Waals surface area contributed by atoms with Crippen LogP contribution in [0, 0.1) is 5.92 Å². The Hall–Kier alpha value is -1.10. The number of unbranched alkanes of at least 4 members (excludes halogenated alkanes) is 2. The number of hydrogen-bond donors (Lipinski definition) is 2. The minimum Gasteiger partial charge on any atom is -0.481 e. The molecule has 0 aromatic rings. The lowest BCUT2D eigenvalue weighted by atomic mass is 9.95.